The van der Waals surface area contributed by atoms with Crippen molar-refractivity contribution >= 4 is 42.2 Å². The number of thiol groups is 1. The van der Waals surface area contributed by atoms with Gasteiger partial charge in [0.05, 0.1) is 6.04 Å². The molecule has 0 saturated carbocycles. The molecule has 0 fully saturated rings. The fourth-order valence-electron chi connectivity index (χ4n) is 2.56. The molecule has 0 heterocycles. The van der Waals surface area contributed by atoms with E-state index in [2.05, 4.69) is 28.6 Å². The van der Waals surface area contributed by atoms with E-state index < -0.39 is 53.8 Å². The minimum atomic E-state index is -1.26. The first kappa shape index (κ1) is 28.7. The van der Waals surface area contributed by atoms with Gasteiger partial charge < -0.3 is 32.5 Å². The Morgan fingerprint density at radius 3 is 1.77 bits per heavy atom. The predicted octanol–water partition coefficient (Wildman–Crippen LogP) is -1.25. The average Bonchev–Trinajstić information content (AvgIpc) is 2.66. The second-order valence-corrected chi connectivity index (χ2v) is 8.47. The van der Waals surface area contributed by atoms with Gasteiger partial charge in [0.15, 0.2) is 0 Å². The molecule has 0 aromatic rings. The third-order valence-electron chi connectivity index (χ3n) is 4.47. The topological polar surface area (TPSA) is 194 Å². The van der Waals surface area contributed by atoms with E-state index in [1.807, 2.05) is 13.8 Å². The van der Waals surface area contributed by atoms with Crippen molar-refractivity contribution in [3.8, 4) is 0 Å². The van der Waals surface area contributed by atoms with Crippen molar-refractivity contribution in [3.05, 3.63) is 0 Å². The van der Waals surface area contributed by atoms with Crippen LogP contribution in [0.15, 0.2) is 0 Å². The van der Waals surface area contributed by atoms with E-state index >= 15 is 0 Å². The van der Waals surface area contributed by atoms with Gasteiger partial charge in [0.2, 0.25) is 23.6 Å². The molecule has 178 valence electrons. The fourth-order valence-corrected chi connectivity index (χ4v) is 2.81. The van der Waals surface area contributed by atoms with Gasteiger partial charge >= 0.3 is 5.97 Å². The molecule has 0 saturated heterocycles. The lowest BCUT2D eigenvalue weighted by Crippen LogP contribution is -2.58. The summed E-state index contributed by atoms with van der Waals surface area (Å²) in [5, 5.41) is 16.5. The third kappa shape index (κ3) is 11.0. The predicted molar refractivity (Wildman–Crippen MR) is 118 cm³/mol. The Morgan fingerprint density at radius 2 is 1.35 bits per heavy atom. The van der Waals surface area contributed by atoms with Crippen molar-refractivity contribution in [2.45, 2.75) is 71.1 Å². The standard InChI is InChI=1S/C19H35N5O6S/c1-9(2)7-12(17(27)24-13(8-31)19(29)30)23-16(26)11(5-6-14(20)25)22-18(28)15(21)10(3)4/h9-13,15,31H,5-8,21H2,1-4H3,(H2,20,25)(H,22,28)(H,23,26)(H,24,27)(H,29,30). The summed E-state index contributed by atoms with van der Waals surface area (Å²) < 4.78 is 0. The maximum absolute atomic E-state index is 12.8. The Balaban J connectivity index is 5.48. The summed E-state index contributed by atoms with van der Waals surface area (Å²) >= 11 is 3.90. The number of rotatable bonds is 14. The van der Waals surface area contributed by atoms with Gasteiger partial charge in [-0.05, 0) is 24.7 Å². The third-order valence-corrected chi connectivity index (χ3v) is 4.84. The van der Waals surface area contributed by atoms with Crippen LogP contribution in [0.3, 0.4) is 0 Å². The molecular formula is C19H35N5O6S. The lowest BCUT2D eigenvalue weighted by Gasteiger charge is -2.26. The van der Waals surface area contributed by atoms with Crippen molar-refractivity contribution in [3.63, 3.8) is 0 Å². The van der Waals surface area contributed by atoms with Crippen molar-refractivity contribution in [1.29, 1.82) is 0 Å². The first-order valence-electron chi connectivity index (χ1n) is 10.1. The highest BCUT2D eigenvalue weighted by atomic mass is 32.1. The number of amides is 4. The van der Waals surface area contributed by atoms with Crippen molar-refractivity contribution in [1.82, 2.24) is 16.0 Å². The van der Waals surface area contributed by atoms with Crippen LogP contribution in [0, 0.1) is 11.8 Å². The summed E-state index contributed by atoms with van der Waals surface area (Å²) in [6, 6.07) is -4.30. The summed E-state index contributed by atoms with van der Waals surface area (Å²) in [5.74, 6) is -4.22. The Bertz CT molecular complexity index is 658. The first-order valence-corrected chi connectivity index (χ1v) is 10.7. The van der Waals surface area contributed by atoms with Crippen LogP contribution >= 0.6 is 12.6 Å². The molecule has 0 aliphatic carbocycles. The minimum absolute atomic E-state index is 0.0108. The van der Waals surface area contributed by atoms with Crippen LogP contribution in [-0.4, -0.2) is 64.6 Å². The number of nitrogens with two attached hydrogens (primary N) is 2. The van der Waals surface area contributed by atoms with Crippen LogP contribution in [0.5, 0.6) is 0 Å². The molecule has 31 heavy (non-hydrogen) atoms. The smallest absolute Gasteiger partial charge is 0.327 e. The van der Waals surface area contributed by atoms with Crippen LogP contribution < -0.4 is 27.4 Å². The first-order chi connectivity index (χ1) is 14.3. The zero-order valence-electron chi connectivity index (χ0n) is 18.4. The molecule has 0 aliphatic heterocycles. The normalized spacial score (nSPS) is 15.0. The Labute approximate surface area is 187 Å². The van der Waals surface area contributed by atoms with Crippen LogP contribution in [0.1, 0.15) is 47.0 Å². The molecular weight excluding hydrogens is 426 g/mol. The van der Waals surface area contributed by atoms with Gasteiger partial charge in [-0.2, -0.15) is 12.6 Å². The van der Waals surface area contributed by atoms with E-state index in [0.717, 1.165) is 0 Å². The molecule has 12 heteroatoms. The number of hydrogen-bond acceptors (Lipinski definition) is 7. The Morgan fingerprint density at radius 1 is 0.871 bits per heavy atom. The molecule has 0 rings (SSSR count). The summed E-state index contributed by atoms with van der Waals surface area (Å²) in [6.07, 6.45) is -0.0301. The quantitative estimate of drug-likeness (QED) is 0.157. The fraction of sp³-hybridized carbons (Fsp3) is 0.737. The summed E-state index contributed by atoms with van der Waals surface area (Å²) in [7, 11) is 0. The van der Waals surface area contributed by atoms with Gasteiger partial charge in [-0.3, -0.25) is 19.2 Å². The van der Waals surface area contributed by atoms with E-state index in [-0.39, 0.29) is 36.9 Å². The number of carbonyl (C=O) groups excluding carboxylic acids is 4. The highest BCUT2D eigenvalue weighted by Gasteiger charge is 2.31. The summed E-state index contributed by atoms with van der Waals surface area (Å²) in [6.45, 7) is 7.14. The largest absolute Gasteiger partial charge is 0.480 e. The van der Waals surface area contributed by atoms with E-state index in [0.29, 0.717) is 0 Å². The number of carboxylic acid groups (broad SMARTS) is 1. The molecule has 0 aliphatic rings. The van der Waals surface area contributed by atoms with Crippen LogP contribution in [-0.2, 0) is 24.0 Å². The molecule has 4 unspecified atom stereocenters. The number of hydrogen-bond donors (Lipinski definition) is 7. The van der Waals surface area contributed by atoms with Gasteiger partial charge in [-0.25, -0.2) is 4.79 Å². The average molecular weight is 462 g/mol. The lowest BCUT2D eigenvalue weighted by atomic mass is 10.0. The number of carbonyl (C=O) groups is 5. The van der Waals surface area contributed by atoms with Gasteiger partial charge in [0, 0.05) is 12.2 Å². The number of nitrogens with one attached hydrogen (secondary N) is 3. The summed E-state index contributed by atoms with van der Waals surface area (Å²) in [5.41, 5.74) is 11.0. The van der Waals surface area contributed by atoms with Crippen LogP contribution in [0.4, 0.5) is 0 Å². The van der Waals surface area contributed by atoms with E-state index in [1.54, 1.807) is 13.8 Å². The van der Waals surface area contributed by atoms with E-state index in [4.69, 9.17) is 16.6 Å². The molecule has 0 bridgehead atoms. The molecule has 4 atom stereocenters. The molecule has 11 nitrogen and oxygen atoms in total. The zero-order chi connectivity index (χ0) is 24.3. The van der Waals surface area contributed by atoms with Gasteiger partial charge in [-0.1, -0.05) is 27.7 Å². The maximum atomic E-state index is 12.8. The number of carboxylic acids is 1. The number of primary amides is 1. The molecule has 0 aromatic carbocycles. The SMILES string of the molecule is CC(C)CC(NC(=O)C(CCC(N)=O)NC(=O)C(N)C(C)C)C(=O)NC(CS)C(=O)O. The lowest BCUT2D eigenvalue weighted by molar-refractivity contribution is -0.141. The van der Waals surface area contributed by atoms with Crippen molar-refractivity contribution < 1.29 is 29.1 Å². The van der Waals surface area contributed by atoms with E-state index in [1.165, 1.54) is 0 Å². The van der Waals surface area contributed by atoms with Crippen molar-refractivity contribution in [2.24, 2.45) is 23.3 Å². The Hall–Kier alpha value is -2.34. The summed E-state index contributed by atoms with van der Waals surface area (Å²) in [4.78, 5) is 60.1. The molecule has 0 spiro atoms. The molecule has 0 aromatic heterocycles. The van der Waals surface area contributed by atoms with Crippen LogP contribution in [0.25, 0.3) is 0 Å². The molecule has 0 radical (unpaired) electrons. The second-order valence-electron chi connectivity index (χ2n) is 8.11. The molecule has 4 amide bonds. The van der Waals surface area contributed by atoms with Crippen LogP contribution in [0.2, 0.25) is 0 Å². The monoisotopic (exact) mass is 461 g/mol. The van der Waals surface area contributed by atoms with Gasteiger partial charge in [0.1, 0.15) is 18.1 Å². The maximum Gasteiger partial charge on any atom is 0.327 e. The second kappa shape index (κ2) is 13.9. The highest BCUT2D eigenvalue weighted by molar-refractivity contribution is 7.80. The molecule has 8 N–H and O–H groups in total. The highest BCUT2D eigenvalue weighted by Crippen LogP contribution is 2.08. The zero-order valence-corrected chi connectivity index (χ0v) is 19.3. The van der Waals surface area contributed by atoms with E-state index in [9.17, 15) is 24.0 Å². The Kier molecular flexibility index (Phi) is 12.8. The minimum Gasteiger partial charge on any atom is -0.480 e. The number of aliphatic carboxylic acids is 1. The van der Waals surface area contributed by atoms with Gasteiger partial charge in [-0.15, -0.1) is 0 Å². The van der Waals surface area contributed by atoms with Crippen molar-refractivity contribution in [2.75, 3.05) is 5.75 Å². The van der Waals surface area contributed by atoms with Gasteiger partial charge in [0.25, 0.3) is 0 Å².